The van der Waals surface area contributed by atoms with Crippen molar-refractivity contribution in [1.29, 1.82) is 0 Å². The van der Waals surface area contributed by atoms with Gasteiger partial charge in [-0.1, -0.05) is 19.2 Å². The first-order valence-electron chi connectivity index (χ1n) is 9.69. The fourth-order valence-corrected chi connectivity index (χ4v) is 5.00. The summed E-state index contributed by atoms with van der Waals surface area (Å²) in [7, 11) is 1.25. The summed E-state index contributed by atoms with van der Waals surface area (Å²) in [5, 5.41) is 8.48. The normalized spacial score (nSPS) is 29.9. The highest BCUT2D eigenvalue weighted by atomic mass is 16.6. The predicted molar refractivity (Wildman–Crippen MR) is 104 cm³/mol. The molecule has 6 heteroatoms. The minimum atomic E-state index is -1.00. The van der Waals surface area contributed by atoms with E-state index in [1.54, 1.807) is 0 Å². The molecule has 0 heterocycles. The monoisotopic (exact) mass is 390 g/mol. The minimum Gasteiger partial charge on any atom is -0.478 e. The van der Waals surface area contributed by atoms with Gasteiger partial charge in [-0.3, -0.25) is 0 Å². The third kappa shape index (κ3) is 5.57. The Hall–Kier alpha value is -2.37. The smallest absolute Gasteiger partial charge is 0.333 e. The maximum atomic E-state index is 11.4. The molecule has 6 nitrogen and oxygen atoms in total. The summed E-state index contributed by atoms with van der Waals surface area (Å²) in [6, 6.07) is 0. The van der Waals surface area contributed by atoms with Gasteiger partial charge in [-0.15, -0.1) is 0 Å². The summed E-state index contributed by atoms with van der Waals surface area (Å²) >= 11 is 0. The number of carbonyl (C=O) groups excluding carboxylic acids is 2. The zero-order chi connectivity index (χ0) is 20.9. The molecule has 0 saturated heterocycles. The van der Waals surface area contributed by atoms with Crippen LogP contribution in [0.2, 0.25) is 0 Å². The lowest BCUT2D eigenvalue weighted by Gasteiger charge is -2.55. The minimum absolute atomic E-state index is 0.0972. The van der Waals surface area contributed by atoms with E-state index in [9.17, 15) is 14.4 Å². The Morgan fingerprint density at radius 3 is 2.00 bits per heavy atom. The fourth-order valence-electron chi connectivity index (χ4n) is 5.00. The highest BCUT2D eigenvalue weighted by molar-refractivity contribution is 5.89. The van der Waals surface area contributed by atoms with E-state index < -0.39 is 11.9 Å². The van der Waals surface area contributed by atoms with Crippen LogP contribution >= 0.6 is 0 Å². The lowest BCUT2D eigenvalue weighted by atomic mass is 9.54. The topological polar surface area (TPSA) is 89.9 Å². The molecule has 4 rings (SSSR count). The van der Waals surface area contributed by atoms with Gasteiger partial charge in [-0.05, 0) is 69.6 Å². The first-order chi connectivity index (χ1) is 13.2. The average molecular weight is 390 g/mol. The van der Waals surface area contributed by atoms with Gasteiger partial charge in [0.1, 0.15) is 5.60 Å². The van der Waals surface area contributed by atoms with E-state index in [0.29, 0.717) is 0 Å². The number of hydrogen-bond acceptors (Lipinski definition) is 5. The van der Waals surface area contributed by atoms with E-state index in [-0.39, 0.29) is 29.1 Å². The SMILES string of the molecule is C=C(CC=C(C)C(=O)O)C(=O)OC.C=CC(=O)OC12CC3CC(CC(C3)C1)C2. The van der Waals surface area contributed by atoms with Gasteiger partial charge in [0.25, 0.3) is 0 Å². The molecule has 0 radical (unpaired) electrons. The Morgan fingerprint density at radius 1 is 1.11 bits per heavy atom. The molecule has 0 aromatic heterocycles. The number of aliphatic carboxylic acids is 1. The van der Waals surface area contributed by atoms with Crippen molar-refractivity contribution in [2.75, 3.05) is 7.11 Å². The van der Waals surface area contributed by atoms with Gasteiger partial charge in [0, 0.05) is 17.2 Å². The lowest BCUT2D eigenvalue weighted by molar-refractivity contribution is -0.181. The highest BCUT2D eigenvalue weighted by Gasteiger charge is 2.52. The van der Waals surface area contributed by atoms with Crippen molar-refractivity contribution in [3.05, 3.63) is 36.5 Å². The van der Waals surface area contributed by atoms with Crippen LogP contribution in [0.1, 0.15) is 51.9 Å². The molecule has 0 unspecified atom stereocenters. The van der Waals surface area contributed by atoms with E-state index in [4.69, 9.17) is 9.84 Å². The maximum absolute atomic E-state index is 11.4. The molecule has 4 aliphatic carbocycles. The summed E-state index contributed by atoms with van der Waals surface area (Å²) in [4.78, 5) is 32.5. The Bertz CT molecular complexity index is 652. The molecule has 0 aliphatic heterocycles. The molecular weight excluding hydrogens is 360 g/mol. The average Bonchev–Trinajstić information content (AvgIpc) is 2.63. The molecule has 0 aromatic carbocycles. The Labute approximate surface area is 166 Å². The maximum Gasteiger partial charge on any atom is 0.333 e. The van der Waals surface area contributed by atoms with Crippen molar-refractivity contribution in [3.8, 4) is 0 Å². The molecule has 0 amide bonds. The van der Waals surface area contributed by atoms with Crippen molar-refractivity contribution in [2.45, 2.75) is 57.5 Å². The van der Waals surface area contributed by atoms with Crippen molar-refractivity contribution in [1.82, 2.24) is 0 Å². The van der Waals surface area contributed by atoms with Crippen molar-refractivity contribution >= 4 is 17.9 Å². The van der Waals surface area contributed by atoms with Gasteiger partial charge < -0.3 is 14.6 Å². The van der Waals surface area contributed by atoms with Gasteiger partial charge in [-0.2, -0.15) is 0 Å². The standard InChI is InChI=1S/C13H18O2.C9H12O4/c1-2-12(14)15-13-6-9-3-10(7-13)5-11(4-9)8-13;1-6(8(10)11)4-5-7(2)9(12)13-3/h2,9-11H,1,3-8H2;4H,2,5H2,1,3H3,(H,10,11). The van der Waals surface area contributed by atoms with Gasteiger partial charge in [-0.25, -0.2) is 14.4 Å². The van der Waals surface area contributed by atoms with Gasteiger partial charge in [0.15, 0.2) is 0 Å². The third-order valence-corrected chi connectivity index (χ3v) is 5.93. The molecule has 154 valence electrons. The molecule has 4 bridgehead atoms. The van der Waals surface area contributed by atoms with Crippen LogP contribution < -0.4 is 0 Å². The van der Waals surface area contributed by atoms with E-state index >= 15 is 0 Å². The van der Waals surface area contributed by atoms with E-state index in [1.807, 2.05) is 0 Å². The number of rotatable bonds is 6. The van der Waals surface area contributed by atoms with Crippen LogP contribution in [0, 0.1) is 17.8 Å². The van der Waals surface area contributed by atoms with Crippen LogP contribution in [-0.4, -0.2) is 35.7 Å². The Kier molecular flexibility index (Phi) is 7.22. The van der Waals surface area contributed by atoms with E-state index in [0.717, 1.165) is 37.0 Å². The Morgan fingerprint density at radius 2 is 1.61 bits per heavy atom. The molecule has 4 fully saturated rings. The fraction of sp³-hybridized carbons (Fsp3) is 0.591. The van der Waals surface area contributed by atoms with Gasteiger partial charge in [0.05, 0.1) is 7.11 Å². The van der Waals surface area contributed by atoms with Crippen molar-refractivity contribution in [2.24, 2.45) is 17.8 Å². The summed E-state index contributed by atoms with van der Waals surface area (Å²) < 4.78 is 10.0. The summed E-state index contributed by atoms with van der Waals surface area (Å²) in [5.41, 5.74) is 0.327. The first-order valence-corrected chi connectivity index (χ1v) is 9.69. The predicted octanol–water partition coefficient (Wildman–Crippen LogP) is 3.82. The number of ether oxygens (including phenoxy) is 2. The largest absolute Gasteiger partial charge is 0.478 e. The Balaban J connectivity index is 0.000000204. The van der Waals surface area contributed by atoms with Crippen LogP contribution in [0.4, 0.5) is 0 Å². The number of carboxylic acid groups (broad SMARTS) is 1. The zero-order valence-electron chi connectivity index (χ0n) is 16.7. The molecule has 4 saturated carbocycles. The number of allylic oxidation sites excluding steroid dienone is 1. The molecule has 0 aromatic rings. The third-order valence-electron chi connectivity index (χ3n) is 5.93. The van der Waals surface area contributed by atoms with Crippen LogP contribution in [0.5, 0.6) is 0 Å². The lowest BCUT2D eigenvalue weighted by Crippen LogP contribution is -2.52. The van der Waals surface area contributed by atoms with Gasteiger partial charge in [0.2, 0.25) is 0 Å². The number of carboxylic acids is 1. The van der Waals surface area contributed by atoms with Crippen LogP contribution in [0.15, 0.2) is 36.5 Å². The second kappa shape index (κ2) is 9.22. The van der Waals surface area contributed by atoms with Crippen molar-refractivity contribution in [3.63, 3.8) is 0 Å². The second-order valence-corrected chi connectivity index (χ2v) is 8.22. The highest BCUT2D eigenvalue weighted by Crippen LogP contribution is 2.57. The summed E-state index contributed by atoms with van der Waals surface area (Å²) in [6.07, 6.45) is 10.4. The number of esters is 2. The summed E-state index contributed by atoms with van der Waals surface area (Å²) in [6.45, 7) is 8.38. The summed E-state index contributed by atoms with van der Waals surface area (Å²) in [5.74, 6) is 0.737. The van der Waals surface area contributed by atoms with Crippen LogP contribution in [0.3, 0.4) is 0 Å². The molecule has 4 aliphatic rings. The molecular formula is C22H30O6. The molecule has 28 heavy (non-hydrogen) atoms. The number of methoxy groups -OCH3 is 1. The van der Waals surface area contributed by atoms with Gasteiger partial charge >= 0.3 is 17.9 Å². The number of hydrogen-bond donors (Lipinski definition) is 1. The zero-order valence-corrected chi connectivity index (χ0v) is 16.7. The van der Waals surface area contributed by atoms with Crippen LogP contribution in [0.25, 0.3) is 0 Å². The quantitative estimate of drug-likeness (QED) is 0.548. The molecule has 0 spiro atoms. The second-order valence-electron chi connectivity index (χ2n) is 8.22. The van der Waals surface area contributed by atoms with Crippen LogP contribution in [-0.2, 0) is 23.9 Å². The van der Waals surface area contributed by atoms with E-state index in [1.165, 1.54) is 45.4 Å². The van der Waals surface area contributed by atoms with Crippen molar-refractivity contribution < 1.29 is 29.0 Å². The molecule has 0 atom stereocenters. The number of carbonyl (C=O) groups is 3. The van der Waals surface area contributed by atoms with E-state index in [2.05, 4.69) is 17.9 Å². The molecule has 1 N–H and O–H groups in total. The first kappa shape index (κ1) is 21.9.